The minimum Gasteiger partial charge on any atom is -0.341 e. The Kier molecular flexibility index (Phi) is 5.01. The number of carbonyl (C=O) groups is 2. The Morgan fingerprint density at radius 1 is 1.28 bits per heavy atom. The van der Waals surface area contributed by atoms with E-state index in [1.807, 2.05) is 7.05 Å². The largest absolute Gasteiger partial charge is 0.341 e. The number of hydrogen-bond donors (Lipinski definition) is 0. The van der Waals surface area contributed by atoms with Gasteiger partial charge in [0.1, 0.15) is 6.54 Å². The molecule has 1 aromatic carbocycles. The lowest BCUT2D eigenvalue weighted by Gasteiger charge is -2.34. The van der Waals surface area contributed by atoms with E-state index in [9.17, 15) is 19.7 Å². The van der Waals surface area contributed by atoms with Crippen LogP contribution in [0.1, 0.15) is 44.1 Å². The molecule has 0 unspecified atom stereocenters. The van der Waals surface area contributed by atoms with Crippen molar-refractivity contribution in [3.63, 3.8) is 0 Å². The minimum absolute atomic E-state index is 0.00333. The predicted molar refractivity (Wildman–Crippen MR) is 93.4 cm³/mol. The highest BCUT2D eigenvalue weighted by atomic mass is 16.6. The van der Waals surface area contributed by atoms with Gasteiger partial charge in [0.05, 0.1) is 4.92 Å². The third-order valence-corrected chi connectivity index (χ3v) is 5.28. The van der Waals surface area contributed by atoms with Crippen LogP contribution in [-0.2, 0) is 16.0 Å². The van der Waals surface area contributed by atoms with E-state index in [1.165, 1.54) is 23.5 Å². The Balaban J connectivity index is 1.76. The molecule has 2 amide bonds. The summed E-state index contributed by atoms with van der Waals surface area (Å²) in [6, 6.07) is 4.72. The van der Waals surface area contributed by atoms with E-state index in [0.29, 0.717) is 12.1 Å². The van der Waals surface area contributed by atoms with Crippen LogP contribution in [0.25, 0.3) is 0 Å². The number of amides is 2. The molecule has 2 aliphatic rings. The second-order valence-corrected chi connectivity index (χ2v) is 6.85. The molecule has 0 spiro atoms. The fraction of sp³-hybridized carbons (Fsp3) is 0.556. The molecule has 0 radical (unpaired) electrons. The lowest BCUT2D eigenvalue weighted by Crippen LogP contribution is -2.47. The average molecular weight is 345 g/mol. The summed E-state index contributed by atoms with van der Waals surface area (Å²) in [5.74, 6) is -0.182. The van der Waals surface area contributed by atoms with Crippen molar-refractivity contribution in [1.29, 1.82) is 0 Å². The summed E-state index contributed by atoms with van der Waals surface area (Å²) < 4.78 is 0. The zero-order valence-corrected chi connectivity index (χ0v) is 14.4. The summed E-state index contributed by atoms with van der Waals surface area (Å²) in [6.07, 6.45) is 6.26. The van der Waals surface area contributed by atoms with Crippen LogP contribution in [-0.4, -0.2) is 41.3 Å². The van der Waals surface area contributed by atoms with Gasteiger partial charge in [-0.15, -0.1) is 0 Å². The quantitative estimate of drug-likeness (QED) is 0.620. The van der Waals surface area contributed by atoms with E-state index in [1.54, 1.807) is 11.0 Å². The van der Waals surface area contributed by atoms with E-state index >= 15 is 0 Å². The van der Waals surface area contributed by atoms with Crippen LogP contribution < -0.4 is 4.90 Å². The third kappa shape index (κ3) is 3.65. The van der Waals surface area contributed by atoms with Crippen molar-refractivity contribution in [2.24, 2.45) is 0 Å². The van der Waals surface area contributed by atoms with Crippen LogP contribution in [0.3, 0.4) is 0 Å². The second-order valence-electron chi connectivity index (χ2n) is 6.85. The van der Waals surface area contributed by atoms with E-state index in [-0.39, 0.29) is 36.5 Å². The summed E-state index contributed by atoms with van der Waals surface area (Å²) in [5, 5.41) is 10.9. The highest BCUT2D eigenvalue weighted by Crippen LogP contribution is 2.31. The van der Waals surface area contributed by atoms with Gasteiger partial charge in [-0.1, -0.05) is 19.3 Å². The molecule has 0 N–H and O–H groups in total. The predicted octanol–water partition coefficient (Wildman–Crippen LogP) is 2.67. The first kappa shape index (κ1) is 17.4. The fourth-order valence-corrected chi connectivity index (χ4v) is 3.75. The molecule has 1 aromatic rings. The number of hydrogen-bond acceptors (Lipinski definition) is 4. The number of fused-ring (bicyclic) bond motifs is 1. The van der Waals surface area contributed by atoms with Gasteiger partial charge >= 0.3 is 0 Å². The number of carbonyl (C=O) groups excluding carboxylic acids is 2. The molecule has 1 heterocycles. The lowest BCUT2D eigenvalue weighted by atomic mass is 9.94. The maximum absolute atomic E-state index is 12.7. The Hall–Kier alpha value is -2.44. The molecule has 1 fully saturated rings. The fourth-order valence-electron chi connectivity index (χ4n) is 3.75. The first-order chi connectivity index (χ1) is 12.0. The number of non-ortho nitro benzene ring substituents is 1. The molecule has 25 heavy (non-hydrogen) atoms. The molecule has 0 atom stereocenters. The van der Waals surface area contributed by atoms with Crippen LogP contribution in [0, 0.1) is 10.1 Å². The minimum atomic E-state index is -0.441. The van der Waals surface area contributed by atoms with Gasteiger partial charge in [0.15, 0.2) is 0 Å². The van der Waals surface area contributed by atoms with Crippen molar-refractivity contribution >= 4 is 23.2 Å². The molecule has 0 bridgehead atoms. The molecular weight excluding hydrogens is 322 g/mol. The van der Waals surface area contributed by atoms with Gasteiger partial charge in [-0.3, -0.25) is 19.7 Å². The van der Waals surface area contributed by atoms with Crippen LogP contribution in [0.4, 0.5) is 11.4 Å². The molecule has 1 aliphatic heterocycles. The number of nitro groups is 1. The number of benzene rings is 1. The van der Waals surface area contributed by atoms with Gasteiger partial charge in [0, 0.05) is 37.3 Å². The molecule has 0 saturated heterocycles. The normalized spacial score (nSPS) is 18.0. The lowest BCUT2D eigenvalue weighted by molar-refractivity contribution is -0.384. The number of nitrogens with zero attached hydrogens (tertiary/aromatic N) is 3. The van der Waals surface area contributed by atoms with Gasteiger partial charge < -0.3 is 9.80 Å². The smallest absolute Gasteiger partial charge is 0.269 e. The van der Waals surface area contributed by atoms with Gasteiger partial charge in [0.25, 0.3) is 5.69 Å². The van der Waals surface area contributed by atoms with E-state index < -0.39 is 4.92 Å². The summed E-state index contributed by atoms with van der Waals surface area (Å²) in [7, 11) is 1.81. The molecule has 0 aromatic heterocycles. The molecule has 1 aliphatic carbocycles. The van der Waals surface area contributed by atoms with Crippen molar-refractivity contribution in [1.82, 2.24) is 4.90 Å². The van der Waals surface area contributed by atoms with Crippen LogP contribution in [0.2, 0.25) is 0 Å². The first-order valence-electron chi connectivity index (χ1n) is 8.80. The molecule has 1 saturated carbocycles. The standard InChI is InChI=1S/C18H23N3O4/c1-19(14-5-3-2-4-6-14)18(23)12-20-16-9-8-15(21(24)25)11-13(16)7-10-17(20)22/h8-9,11,14H,2-7,10,12H2,1H3. The van der Waals surface area contributed by atoms with Gasteiger partial charge in [0.2, 0.25) is 11.8 Å². The molecule has 134 valence electrons. The molecule has 3 rings (SSSR count). The monoisotopic (exact) mass is 345 g/mol. The number of likely N-dealkylation sites (N-methyl/N-ethyl adjacent to an activating group) is 1. The average Bonchev–Trinajstić information content (AvgIpc) is 2.63. The van der Waals surface area contributed by atoms with Gasteiger partial charge in [-0.25, -0.2) is 0 Å². The van der Waals surface area contributed by atoms with Crippen LogP contribution >= 0.6 is 0 Å². The number of anilines is 1. The van der Waals surface area contributed by atoms with E-state index in [2.05, 4.69) is 0 Å². The highest BCUT2D eigenvalue weighted by Gasteiger charge is 2.30. The number of aryl methyl sites for hydroxylation is 1. The maximum atomic E-state index is 12.7. The summed E-state index contributed by atoms with van der Waals surface area (Å²) >= 11 is 0. The third-order valence-electron chi connectivity index (χ3n) is 5.28. The summed E-state index contributed by atoms with van der Waals surface area (Å²) in [6.45, 7) is -0.00333. The zero-order chi connectivity index (χ0) is 18.0. The van der Waals surface area contributed by atoms with Gasteiger partial charge in [-0.05, 0) is 30.9 Å². The van der Waals surface area contributed by atoms with Crippen molar-refractivity contribution in [2.45, 2.75) is 51.0 Å². The van der Waals surface area contributed by atoms with E-state index in [4.69, 9.17) is 0 Å². The van der Waals surface area contributed by atoms with Crippen molar-refractivity contribution in [3.05, 3.63) is 33.9 Å². The van der Waals surface area contributed by atoms with Crippen molar-refractivity contribution in [3.8, 4) is 0 Å². The summed E-state index contributed by atoms with van der Waals surface area (Å²) in [5.41, 5.74) is 1.38. The summed E-state index contributed by atoms with van der Waals surface area (Å²) in [4.78, 5) is 38.7. The first-order valence-corrected chi connectivity index (χ1v) is 8.80. The van der Waals surface area contributed by atoms with Crippen molar-refractivity contribution < 1.29 is 14.5 Å². The maximum Gasteiger partial charge on any atom is 0.269 e. The van der Waals surface area contributed by atoms with Gasteiger partial charge in [-0.2, -0.15) is 0 Å². The number of rotatable bonds is 4. The Bertz CT molecular complexity index is 698. The topological polar surface area (TPSA) is 83.8 Å². The van der Waals surface area contributed by atoms with Crippen molar-refractivity contribution in [2.75, 3.05) is 18.5 Å². The van der Waals surface area contributed by atoms with Crippen LogP contribution in [0.15, 0.2) is 18.2 Å². The Morgan fingerprint density at radius 2 is 2.00 bits per heavy atom. The molecule has 7 nitrogen and oxygen atoms in total. The number of nitro benzene ring substituents is 1. The SMILES string of the molecule is CN(C(=O)CN1C(=O)CCc2cc([N+](=O)[O-])ccc21)C1CCCCC1. The van der Waals surface area contributed by atoms with Crippen LogP contribution in [0.5, 0.6) is 0 Å². The molecular formula is C18H23N3O4. The Labute approximate surface area is 146 Å². The second kappa shape index (κ2) is 7.21. The van der Waals surface area contributed by atoms with E-state index in [0.717, 1.165) is 31.2 Å². The zero-order valence-electron chi connectivity index (χ0n) is 14.4. The Morgan fingerprint density at radius 3 is 2.68 bits per heavy atom. The molecule has 7 heteroatoms. The highest BCUT2D eigenvalue weighted by molar-refractivity contribution is 6.01.